The zero-order valence-corrected chi connectivity index (χ0v) is 14.4. The number of nitrogens with one attached hydrogen (secondary N) is 1. The van der Waals surface area contributed by atoms with Gasteiger partial charge in [-0.1, -0.05) is 11.2 Å². The summed E-state index contributed by atoms with van der Waals surface area (Å²) in [6.07, 6.45) is 2.23. The summed E-state index contributed by atoms with van der Waals surface area (Å²) in [6.45, 7) is 2.84. The maximum absolute atomic E-state index is 13.0. The monoisotopic (exact) mass is 356 g/mol. The Morgan fingerprint density at radius 3 is 2.88 bits per heavy atom. The van der Waals surface area contributed by atoms with Gasteiger partial charge >= 0.3 is 0 Å². The SMILES string of the molecule is CC(=O)N1C[C@H]2C[C@@H](C1)[C@H](C(=O)NCc1ccon1)n1c2cccc1=O. The number of pyridine rings is 1. The van der Waals surface area contributed by atoms with Gasteiger partial charge in [0.25, 0.3) is 5.56 Å². The fourth-order valence-corrected chi connectivity index (χ4v) is 4.14. The highest BCUT2D eigenvalue weighted by molar-refractivity contribution is 5.81. The Morgan fingerprint density at radius 1 is 1.31 bits per heavy atom. The Kier molecular flexibility index (Phi) is 4.10. The van der Waals surface area contributed by atoms with Crippen LogP contribution in [0.25, 0.3) is 0 Å². The zero-order chi connectivity index (χ0) is 18.3. The minimum absolute atomic E-state index is 0.00631. The van der Waals surface area contributed by atoms with Crippen molar-refractivity contribution < 1.29 is 14.1 Å². The Labute approximate surface area is 149 Å². The molecule has 2 amide bonds. The Hall–Kier alpha value is -2.90. The molecule has 0 aromatic carbocycles. The van der Waals surface area contributed by atoms with Crippen LogP contribution in [0, 0.1) is 5.92 Å². The molecule has 26 heavy (non-hydrogen) atoms. The molecule has 2 aromatic heterocycles. The first-order valence-corrected chi connectivity index (χ1v) is 8.68. The van der Waals surface area contributed by atoms with E-state index in [0.29, 0.717) is 18.8 Å². The lowest BCUT2D eigenvalue weighted by Gasteiger charge is -2.46. The number of carbonyl (C=O) groups excluding carboxylic acids is 2. The van der Waals surface area contributed by atoms with E-state index in [0.717, 1.165) is 12.1 Å². The van der Waals surface area contributed by atoms with Gasteiger partial charge in [-0.15, -0.1) is 0 Å². The molecule has 1 saturated heterocycles. The summed E-state index contributed by atoms with van der Waals surface area (Å²) < 4.78 is 6.38. The molecule has 136 valence electrons. The van der Waals surface area contributed by atoms with Gasteiger partial charge < -0.3 is 14.7 Å². The van der Waals surface area contributed by atoms with Crippen LogP contribution in [0.5, 0.6) is 0 Å². The highest BCUT2D eigenvalue weighted by Crippen LogP contribution is 2.41. The highest BCUT2D eigenvalue weighted by atomic mass is 16.5. The summed E-state index contributed by atoms with van der Waals surface area (Å²) >= 11 is 0. The molecule has 1 N–H and O–H groups in total. The number of hydrogen-bond donors (Lipinski definition) is 1. The summed E-state index contributed by atoms with van der Waals surface area (Å²) in [6, 6.07) is 6.11. The van der Waals surface area contributed by atoms with Crippen LogP contribution in [0.15, 0.2) is 39.8 Å². The van der Waals surface area contributed by atoms with E-state index in [1.54, 1.807) is 28.5 Å². The lowest BCUT2D eigenvalue weighted by Crippen LogP contribution is -2.54. The van der Waals surface area contributed by atoms with Crippen LogP contribution in [-0.4, -0.2) is 39.5 Å². The van der Waals surface area contributed by atoms with E-state index in [4.69, 9.17) is 4.52 Å². The topological polar surface area (TPSA) is 97.4 Å². The van der Waals surface area contributed by atoms with E-state index < -0.39 is 6.04 Å². The normalized spacial score (nSPS) is 24.0. The number of nitrogens with zero attached hydrogens (tertiary/aromatic N) is 3. The summed E-state index contributed by atoms with van der Waals surface area (Å²) in [5.41, 5.74) is 1.25. The number of fused-ring (bicyclic) bond motifs is 4. The molecule has 3 atom stereocenters. The van der Waals surface area contributed by atoms with Gasteiger partial charge in [0, 0.05) is 49.7 Å². The van der Waals surface area contributed by atoms with Crippen molar-refractivity contribution in [2.45, 2.75) is 31.8 Å². The number of piperidine rings is 1. The predicted octanol–water partition coefficient (Wildman–Crippen LogP) is 0.659. The van der Waals surface area contributed by atoms with Crippen LogP contribution >= 0.6 is 0 Å². The van der Waals surface area contributed by atoms with Gasteiger partial charge in [-0.2, -0.15) is 0 Å². The Bertz CT molecular complexity index is 889. The van der Waals surface area contributed by atoms with Crippen LogP contribution < -0.4 is 10.9 Å². The lowest BCUT2D eigenvalue weighted by molar-refractivity contribution is -0.135. The molecule has 8 heteroatoms. The van der Waals surface area contributed by atoms with E-state index in [1.807, 2.05) is 6.07 Å². The fraction of sp³-hybridized carbons (Fsp3) is 0.444. The van der Waals surface area contributed by atoms with Gasteiger partial charge in [0.2, 0.25) is 11.8 Å². The third-order valence-corrected chi connectivity index (χ3v) is 5.30. The number of hydrogen-bond acceptors (Lipinski definition) is 5. The first-order chi connectivity index (χ1) is 12.5. The maximum atomic E-state index is 13.0. The van der Waals surface area contributed by atoms with Crippen molar-refractivity contribution in [3.05, 3.63) is 52.3 Å². The average molecular weight is 356 g/mol. The van der Waals surface area contributed by atoms with Crippen molar-refractivity contribution >= 4 is 11.8 Å². The van der Waals surface area contributed by atoms with Gasteiger partial charge in [0.05, 0.1) is 6.54 Å². The Morgan fingerprint density at radius 2 is 2.15 bits per heavy atom. The standard InChI is InChI=1S/C18H20N4O4/c1-11(23)21-9-12-7-13(10-21)17(22-15(12)3-2-4-16(22)24)18(25)19-8-14-5-6-26-20-14/h2-6,12-13,17H,7-10H2,1H3,(H,19,25)/t12-,13+,17-/m1/s1. The number of likely N-dealkylation sites (tertiary alicyclic amines) is 1. The molecule has 0 unspecified atom stereocenters. The maximum Gasteiger partial charge on any atom is 0.251 e. The minimum atomic E-state index is -0.635. The fourth-order valence-electron chi connectivity index (χ4n) is 4.14. The predicted molar refractivity (Wildman–Crippen MR) is 91.2 cm³/mol. The molecular weight excluding hydrogens is 336 g/mol. The molecule has 8 nitrogen and oxygen atoms in total. The van der Waals surface area contributed by atoms with E-state index in [-0.39, 0.29) is 35.8 Å². The number of rotatable bonds is 3. The second-order valence-corrected chi connectivity index (χ2v) is 6.93. The van der Waals surface area contributed by atoms with Gasteiger partial charge in [0.1, 0.15) is 18.0 Å². The average Bonchev–Trinajstić information content (AvgIpc) is 3.14. The molecule has 0 radical (unpaired) electrons. The van der Waals surface area contributed by atoms with Crippen molar-refractivity contribution in [3.8, 4) is 0 Å². The van der Waals surface area contributed by atoms with Gasteiger partial charge in [-0.3, -0.25) is 19.0 Å². The molecule has 2 bridgehead atoms. The molecule has 0 spiro atoms. The number of aromatic nitrogens is 2. The quantitative estimate of drug-likeness (QED) is 0.871. The molecule has 4 rings (SSSR count). The summed E-state index contributed by atoms with van der Waals surface area (Å²) in [5, 5.41) is 6.63. The number of carbonyl (C=O) groups is 2. The molecule has 2 aliphatic heterocycles. The molecule has 0 saturated carbocycles. The second-order valence-electron chi connectivity index (χ2n) is 6.93. The first-order valence-electron chi connectivity index (χ1n) is 8.68. The largest absolute Gasteiger partial charge is 0.364 e. The molecular formula is C18H20N4O4. The molecule has 2 aromatic rings. The second kappa shape index (κ2) is 6.44. The summed E-state index contributed by atoms with van der Waals surface area (Å²) in [7, 11) is 0. The van der Waals surface area contributed by atoms with Gasteiger partial charge in [0.15, 0.2) is 0 Å². The van der Waals surface area contributed by atoms with Crippen molar-refractivity contribution in [2.75, 3.05) is 13.1 Å². The van der Waals surface area contributed by atoms with Gasteiger partial charge in [-0.25, -0.2) is 0 Å². The van der Waals surface area contributed by atoms with E-state index in [1.165, 1.54) is 12.3 Å². The molecule has 2 aliphatic rings. The zero-order valence-electron chi connectivity index (χ0n) is 14.4. The number of amides is 2. The smallest absolute Gasteiger partial charge is 0.251 e. The van der Waals surface area contributed by atoms with Crippen LogP contribution in [-0.2, 0) is 16.1 Å². The third-order valence-electron chi connectivity index (χ3n) is 5.30. The first kappa shape index (κ1) is 16.6. The van der Waals surface area contributed by atoms with Crippen molar-refractivity contribution in [1.29, 1.82) is 0 Å². The highest BCUT2D eigenvalue weighted by Gasteiger charge is 2.44. The van der Waals surface area contributed by atoms with Crippen molar-refractivity contribution in [2.24, 2.45) is 5.92 Å². The van der Waals surface area contributed by atoms with Crippen LogP contribution in [0.2, 0.25) is 0 Å². The lowest BCUT2D eigenvalue weighted by atomic mass is 9.78. The molecule has 4 heterocycles. The third kappa shape index (κ3) is 2.81. The van der Waals surface area contributed by atoms with E-state index in [2.05, 4.69) is 10.5 Å². The van der Waals surface area contributed by atoms with Crippen molar-refractivity contribution in [1.82, 2.24) is 19.9 Å². The summed E-state index contributed by atoms with van der Waals surface area (Å²) in [4.78, 5) is 39.2. The van der Waals surface area contributed by atoms with Crippen LogP contribution in [0.4, 0.5) is 0 Å². The van der Waals surface area contributed by atoms with E-state index >= 15 is 0 Å². The van der Waals surface area contributed by atoms with Crippen LogP contribution in [0.3, 0.4) is 0 Å². The minimum Gasteiger partial charge on any atom is -0.364 e. The Balaban J connectivity index is 1.67. The molecule has 1 fully saturated rings. The summed E-state index contributed by atoms with van der Waals surface area (Å²) in [5.74, 6) is -0.265. The van der Waals surface area contributed by atoms with Gasteiger partial charge in [-0.05, 0) is 12.5 Å². The van der Waals surface area contributed by atoms with Crippen molar-refractivity contribution in [3.63, 3.8) is 0 Å². The van der Waals surface area contributed by atoms with Crippen LogP contribution in [0.1, 0.15) is 36.7 Å². The molecule has 0 aliphatic carbocycles. The van der Waals surface area contributed by atoms with E-state index in [9.17, 15) is 14.4 Å².